The maximum atomic E-state index is 11.1. The molecule has 0 amide bonds. The smallest absolute Gasteiger partial charge is 0.123 e. The van der Waals surface area contributed by atoms with E-state index in [9.17, 15) is 9.90 Å². The summed E-state index contributed by atoms with van der Waals surface area (Å²) in [5.41, 5.74) is 4.68. The SMILES string of the molecule is C[C@@]1(C2CCCCC2)OCc2cc(O)ccc2[C@@H]1c1ccc(N2CCC(C=O)CC2)cc1. The topological polar surface area (TPSA) is 49.8 Å². The third kappa shape index (κ3) is 3.94. The van der Waals surface area contributed by atoms with E-state index in [0.717, 1.165) is 37.8 Å². The highest BCUT2D eigenvalue weighted by Gasteiger charge is 2.47. The molecule has 0 bridgehead atoms. The number of hydrogen-bond acceptors (Lipinski definition) is 4. The molecule has 4 nitrogen and oxygen atoms in total. The van der Waals surface area contributed by atoms with Crippen LogP contribution < -0.4 is 4.90 Å². The standard InChI is InChI=1S/C28H35NO3/c1-28(23-5-3-2-4-6-23)27(26-12-11-25(31)17-22(26)19-32-28)21-7-9-24(10-8-21)29-15-13-20(18-30)14-16-29/h7-12,17-18,20,23,27,31H,2-6,13-16,19H2,1H3/t27-,28-/m0/s1. The van der Waals surface area contributed by atoms with Gasteiger partial charge in [0.05, 0.1) is 12.2 Å². The lowest BCUT2D eigenvalue weighted by Gasteiger charge is -2.49. The zero-order valence-electron chi connectivity index (χ0n) is 19.1. The summed E-state index contributed by atoms with van der Waals surface area (Å²) >= 11 is 0. The Morgan fingerprint density at radius 2 is 1.72 bits per heavy atom. The monoisotopic (exact) mass is 433 g/mol. The minimum absolute atomic E-state index is 0.157. The lowest BCUT2D eigenvalue weighted by molar-refractivity contribution is -0.114. The van der Waals surface area contributed by atoms with Crippen molar-refractivity contribution in [3.05, 3.63) is 59.2 Å². The fourth-order valence-corrected chi connectivity index (χ4v) is 6.34. The number of aldehydes is 1. The number of ether oxygens (including phenoxy) is 1. The Kier molecular flexibility index (Phi) is 5.98. The van der Waals surface area contributed by atoms with Gasteiger partial charge >= 0.3 is 0 Å². The predicted molar refractivity (Wildman–Crippen MR) is 127 cm³/mol. The van der Waals surface area contributed by atoms with Crippen molar-refractivity contribution in [1.82, 2.24) is 0 Å². The number of fused-ring (bicyclic) bond motifs is 1. The minimum Gasteiger partial charge on any atom is -0.508 e. The second kappa shape index (κ2) is 8.90. The van der Waals surface area contributed by atoms with E-state index in [1.165, 1.54) is 48.9 Å². The van der Waals surface area contributed by atoms with Gasteiger partial charge in [-0.05, 0) is 79.5 Å². The molecule has 2 aromatic carbocycles. The van der Waals surface area contributed by atoms with Crippen LogP contribution in [0.25, 0.3) is 0 Å². The Morgan fingerprint density at radius 1 is 1.00 bits per heavy atom. The Morgan fingerprint density at radius 3 is 2.41 bits per heavy atom. The molecule has 1 saturated carbocycles. The first-order valence-corrected chi connectivity index (χ1v) is 12.3. The van der Waals surface area contributed by atoms with Gasteiger partial charge in [-0.3, -0.25) is 0 Å². The van der Waals surface area contributed by atoms with E-state index in [1.54, 1.807) is 0 Å². The third-order valence-corrected chi connectivity index (χ3v) is 8.29. The molecule has 2 fully saturated rings. The van der Waals surface area contributed by atoms with Crippen LogP contribution in [0.5, 0.6) is 5.75 Å². The van der Waals surface area contributed by atoms with Gasteiger partial charge in [0.25, 0.3) is 0 Å². The zero-order chi connectivity index (χ0) is 22.1. The van der Waals surface area contributed by atoms with Crippen LogP contribution in [0.15, 0.2) is 42.5 Å². The molecule has 4 heteroatoms. The van der Waals surface area contributed by atoms with Crippen LogP contribution in [0.1, 0.15) is 74.5 Å². The molecule has 2 aliphatic heterocycles. The van der Waals surface area contributed by atoms with Crippen molar-refractivity contribution in [3.8, 4) is 5.75 Å². The molecule has 32 heavy (non-hydrogen) atoms. The fourth-order valence-electron chi connectivity index (χ4n) is 6.34. The fraction of sp³-hybridized carbons (Fsp3) is 0.536. The van der Waals surface area contributed by atoms with Gasteiger partial charge in [0.1, 0.15) is 12.0 Å². The summed E-state index contributed by atoms with van der Waals surface area (Å²) in [6.45, 7) is 4.77. The average Bonchev–Trinajstić information content (AvgIpc) is 2.85. The molecule has 3 aliphatic rings. The lowest BCUT2D eigenvalue weighted by atomic mass is 9.65. The maximum Gasteiger partial charge on any atom is 0.123 e. The number of carbonyl (C=O) groups is 1. The van der Waals surface area contributed by atoms with Crippen LogP contribution in [0.3, 0.4) is 0 Å². The molecule has 2 heterocycles. The van der Waals surface area contributed by atoms with Gasteiger partial charge in [-0.2, -0.15) is 0 Å². The van der Waals surface area contributed by atoms with Gasteiger partial charge in [-0.25, -0.2) is 0 Å². The Balaban J connectivity index is 1.47. The maximum absolute atomic E-state index is 11.1. The van der Waals surface area contributed by atoms with E-state index in [0.29, 0.717) is 18.3 Å². The molecule has 0 spiro atoms. The summed E-state index contributed by atoms with van der Waals surface area (Å²) in [6, 6.07) is 14.8. The van der Waals surface area contributed by atoms with Crippen LogP contribution in [-0.4, -0.2) is 30.1 Å². The van der Waals surface area contributed by atoms with Gasteiger partial charge in [0.2, 0.25) is 0 Å². The molecular formula is C28H35NO3. The van der Waals surface area contributed by atoms with Crippen LogP contribution in [0, 0.1) is 11.8 Å². The normalized spacial score (nSPS) is 27.2. The quantitative estimate of drug-likeness (QED) is 0.618. The molecule has 2 atom stereocenters. The van der Waals surface area contributed by atoms with Gasteiger partial charge in [0, 0.05) is 30.6 Å². The molecule has 5 rings (SSSR count). The number of anilines is 1. The van der Waals surface area contributed by atoms with Gasteiger partial charge < -0.3 is 19.5 Å². The van der Waals surface area contributed by atoms with E-state index in [-0.39, 0.29) is 17.4 Å². The van der Waals surface area contributed by atoms with Gasteiger partial charge in [-0.15, -0.1) is 0 Å². The number of hydrogen-bond donors (Lipinski definition) is 1. The molecule has 0 unspecified atom stereocenters. The van der Waals surface area contributed by atoms with Crippen LogP contribution in [0.2, 0.25) is 0 Å². The molecule has 170 valence electrons. The average molecular weight is 434 g/mol. The summed E-state index contributed by atoms with van der Waals surface area (Å²) in [6.07, 6.45) is 9.36. The van der Waals surface area contributed by atoms with Crippen molar-refractivity contribution in [3.63, 3.8) is 0 Å². The zero-order valence-corrected chi connectivity index (χ0v) is 19.1. The summed E-state index contributed by atoms with van der Waals surface area (Å²) < 4.78 is 6.67. The van der Waals surface area contributed by atoms with Crippen LogP contribution in [0.4, 0.5) is 5.69 Å². The van der Waals surface area contributed by atoms with E-state index >= 15 is 0 Å². The molecular weight excluding hydrogens is 398 g/mol. The van der Waals surface area contributed by atoms with E-state index in [1.807, 2.05) is 12.1 Å². The van der Waals surface area contributed by atoms with Crippen molar-refractivity contribution < 1.29 is 14.6 Å². The molecule has 1 saturated heterocycles. The van der Waals surface area contributed by atoms with E-state index < -0.39 is 0 Å². The van der Waals surface area contributed by atoms with Crippen molar-refractivity contribution in [2.75, 3.05) is 18.0 Å². The van der Waals surface area contributed by atoms with Gasteiger partial charge in [0.15, 0.2) is 0 Å². The number of rotatable bonds is 4. The Hall–Kier alpha value is -2.33. The van der Waals surface area contributed by atoms with Crippen molar-refractivity contribution >= 4 is 12.0 Å². The number of piperidine rings is 1. The van der Waals surface area contributed by atoms with Gasteiger partial charge in [-0.1, -0.05) is 37.5 Å². The number of benzene rings is 2. The summed E-state index contributed by atoms with van der Waals surface area (Å²) in [5, 5.41) is 10.1. The van der Waals surface area contributed by atoms with Crippen molar-refractivity contribution in [2.24, 2.45) is 11.8 Å². The second-order valence-corrected chi connectivity index (χ2v) is 10.2. The van der Waals surface area contributed by atoms with Crippen molar-refractivity contribution in [2.45, 2.75) is 70.0 Å². The first kappa shape index (κ1) is 21.5. The van der Waals surface area contributed by atoms with Crippen LogP contribution in [-0.2, 0) is 16.1 Å². The van der Waals surface area contributed by atoms with Crippen molar-refractivity contribution in [1.29, 1.82) is 0 Å². The highest BCUT2D eigenvalue weighted by atomic mass is 16.5. The molecule has 0 aromatic heterocycles. The highest BCUT2D eigenvalue weighted by molar-refractivity contribution is 5.56. The number of aromatic hydroxyl groups is 1. The Labute approximate surface area is 191 Å². The Bertz CT molecular complexity index is 942. The molecule has 2 aromatic rings. The molecule has 0 radical (unpaired) electrons. The third-order valence-electron chi connectivity index (χ3n) is 8.29. The van der Waals surface area contributed by atoms with Crippen LogP contribution >= 0.6 is 0 Å². The first-order valence-electron chi connectivity index (χ1n) is 12.3. The largest absolute Gasteiger partial charge is 0.508 e. The minimum atomic E-state index is -0.242. The number of phenols is 1. The summed E-state index contributed by atoms with van der Waals surface area (Å²) in [4.78, 5) is 13.5. The number of nitrogens with zero attached hydrogens (tertiary/aromatic N) is 1. The summed E-state index contributed by atoms with van der Waals surface area (Å²) in [7, 11) is 0. The molecule has 1 N–H and O–H groups in total. The van der Waals surface area contributed by atoms with E-state index in [4.69, 9.17) is 4.74 Å². The highest BCUT2D eigenvalue weighted by Crippen LogP contribution is 2.51. The first-order chi connectivity index (χ1) is 15.6. The number of carbonyl (C=O) groups excluding carboxylic acids is 1. The second-order valence-electron chi connectivity index (χ2n) is 10.2. The predicted octanol–water partition coefficient (Wildman–Crippen LogP) is 5.81. The number of phenolic OH excluding ortho intramolecular Hbond substituents is 1. The molecule has 1 aliphatic carbocycles. The lowest BCUT2D eigenvalue weighted by Crippen LogP contribution is -2.47. The van der Waals surface area contributed by atoms with E-state index in [2.05, 4.69) is 42.2 Å². The summed E-state index contributed by atoms with van der Waals surface area (Å²) in [5.74, 6) is 1.23.